The minimum absolute atomic E-state index is 0.0840. The highest BCUT2D eigenvalue weighted by Gasteiger charge is 2.30. The molecule has 19 heteroatoms. The van der Waals surface area contributed by atoms with Gasteiger partial charge in [-0.2, -0.15) is 0 Å². The van der Waals surface area contributed by atoms with Gasteiger partial charge in [0.15, 0.2) is 12.2 Å². The summed E-state index contributed by atoms with van der Waals surface area (Å²) in [7, 11) is -9.93. The topological polar surface area (TPSA) is 237 Å². The Labute approximate surface area is 605 Å². The summed E-state index contributed by atoms with van der Waals surface area (Å²) in [4.78, 5) is 72.9. The van der Waals surface area contributed by atoms with E-state index in [9.17, 15) is 43.2 Å². The standard InChI is InChI=1S/C80H152O17P2/c1-8-10-11-12-13-14-15-16-21-25-28-35-40-49-56-64-80(85)97-76(68-91-78(83)62-55-48-43-42-46-53-60-73(7)9-2)70-95-99(88,89)93-66-74(81)65-92-98(86,87)94-69-75(67-90-77(82)61-54-47-39-34-31-30-33-38-45-52-59-72(5)6)96-79(84)63-57-50-41-36-29-26-23-20-18-17-19-22-24-27-32-37-44-51-58-71(3)4/h14-16,21,71-76,81H,8-13,17-20,22-70H2,1-7H3,(H,86,87)(H,88,89)/b15-14-,21-16-/t73?,74-,75-,76-/m1/s1. The number of aliphatic hydroxyl groups is 1. The van der Waals surface area contributed by atoms with Crippen molar-refractivity contribution >= 4 is 39.5 Å². The van der Waals surface area contributed by atoms with E-state index < -0.39 is 97.5 Å². The van der Waals surface area contributed by atoms with Gasteiger partial charge in [0.25, 0.3) is 0 Å². The van der Waals surface area contributed by atoms with Gasteiger partial charge in [-0.3, -0.25) is 37.3 Å². The lowest BCUT2D eigenvalue weighted by Gasteiger charge is -2.21. The first-order valence-electron chi connectivity index (χ1n) is 40.7. The number of carbonyl (C=O) groups excluding carboxylic acids is 4. The average molecular weight is 1450 g/mol. The molecule has 0 aliphatic carbocycles. The van der Waals surface area contributed by atoms with Crippen molar-refractivity contribution in [3.63, 3.8) is 0 Å². The van der Waals surface area contributed by atoms with Gasteiger partial charge in [0, 0.05) is 25.7 Å². The highest BCUT2D eigenvalue weighted by atomic mass is 31.2. The molecule has 0 aromatic carbocycles. The predicted molar refractivity (Wildman–Crippen MR) is 404 cm³/mol. The number of rotatable bonds is 76. The molecular weight excluding hydrogens is 1290 g/mol. The Morgan fingerprint density at radius 1 is 0.333 bits per heavy atom. The molecule has 99 heavy (non-hydrogen) atoms. The number of allylic oxidation sites excluding steroid dienone is 4. The molecule has 6 atom stereocenters. The number of phosphoric acid groups is 2. The number of unbranched alkanes of at least 4 members (excludes halogenated alkanes) is 40. The van der Waals surface area contributed by atoms with Gasteiger partial charge in [-0.1, -0.05) is 336 Å². The van der Waals surface area contributed by atoms with Crippen molar-refractivity contribution in [1.29, 1.82) is 0 Å². The van der Waals surface area contributed by atoms with Crippen LogP contribution in [0, 0.1) is 17.8 Å². The molecule has 0 spiro atoms. The van der Waals surface area contributed by atoms with Crippen LogP contribution in [0.25, 0.3) is 0 Å². The van der Waals surface area contributed by atoms with Crippen molar-refractivity contribution in [2.75, 3.05) is 39.6 Å². The normalized spacial score (nSPS) is 14.4. The van der Waals surface area contributed by atoms with Crippen LogP contribution in [0.2, 0.25) is 0 Å². The van der Waals surface area contributed by atoms with Crippen molar-refractivity contribution in [1.82, 2.24) is 0 Å². The Kier molecular flexibility index (Phi) is 68.1. The Morgan fingerprint density at radius 3 is 0.899 bits per heavy atom. The lowest BCUT2D eigenvalue weighted by Crippen LogP contribution is -2.30. The highest BCUT2D eigenvalue weighted by molar-refractivity contribution is 7.47. The molecule has 0 aromatic rings. The lowest BCUT2D eigenvalue weighted by molar-refractivity contribution is -0.161. The van der Waals surface area contributed by atoms with Crippen molar-refractivity contribution in [2.24, 2.45) is 17.8 Å². The number of ether oxygens (including phenoxy) is 4. The zero-order valence-electron chi connectivity index (χ0n) is 64.4. The fourth-order valence-corrected chi connectivity index (χ4v) is 13.3. The highest BCUT2D eigenvalue weighted by Crippen LogP contribution is 2.45. The van der Waals surface area contributed by atoms with E-state index in [0.717, 1.165) is 127 Å². The van der Waals surface area contributed by atoms with E-state index in [-0.39, 0.29) is 25.7 Å². The predicted octanol–water partition coefficient (Wildman–Crippen LogP) is 23.3. The first-order valence-corrected chi connectivity index (χ1v) is 43.7. The van der Waals surface area contributed by atoms with E-state index in [1.165, 1.54) is 180 Å². The fraction of sp³-hybridized carbons (Fsp3) is 0.900. The van der Waals surface area contributed by atoms with Gasteiger partial charge in [-0.05, 0) is 69.1 Å². The third kappa shape index (κ3) is 72.3. The molecule has 0 fully saturated rings. The van der Waals surface area contributed by atoms with E-state index in [4.69, 9.17) is 37.0 Å². The number of esters is 4. The summed E-state index contributed by atoms with van der Waals surface area (Å²) in [6.45, 7) is 11.8. The monoisotopic (exact) mass is 1450 g/mol. The number of carbonyl (C=O) groups is 4. The van der Waals surface area contributed by atoms with Crippen LogP contribution in [-0.4, -0.2) is 96.7 Å². The van der Waals surface area contributed by atoms with Crippen LogP contribution >= 0.6 is 15.6 Å². The van der Waals surface area contributed by atoms with Gasteiger partial charge in [0.05, 0.1) is 26.4 Å². The third-order valence-electron chi connectivity index (χ3n) is 18.4. The van der Waals surface area contributed by atoms with Crippen molar-refractivity contribution in [2.45, 2.75) is 407 Å². The van der Waals surface area contributed by atoms with Crippen LogP contribution in [0.3, 0.4) is 0 Å². The zero-order valence-corrected chi connectivity index (χ0v) is 66.2. The van der Waals surface area contributed by atoms with E-state index in [2.05, 4.69) is 72.8 Å². The third-order valence-corrected chi connectivity index (χ3v) is 20.3. The van der Waals surface area contributed by atoms with Crippen LogP contribution in [0.5, 0.6) is 0 Å². The van der Waals surface area contributed by atoms with Crippen LogP contribution in [-0.2, 0) is 65.4 Å². The second-order valence-corrected chi connectivity index (χ2v) is 32.2. The van der Waals surface area contributed by atoms with Crippen molar-refractivity contribution in [3.05, 3.63) is 24.3 Å². The summed E-state index contributed by atoms with van der Waals surface area (Å²) in [5.74, 6) is 0.158. The van der Waals surface area contributed by atoms with Crippen LogP contribution in [0.4, 0.5) is 0 Å². The van der Waals surface area contributed by atoms with Crippen molar-refractivity contribution < 1.29 is 80.2 Å². The summed E-state index contributed by atoms with van der Waals surface area (Å²) in [6.07, 6.45) is 60.6. The van der Waals surface area contributed by atoms with Crippen LogP contribution in [0.15, 0.2) is 24.3 Å². The Balaban J connectivity index is 5.25. The molecule has 0 heterocycles. The Hall–Kier alpha value is -2.46. The van der Waals surface area contributed by atoms with Gasteiger partial charge in [0.2, 0.25) is 0 Å². The quantitative estimate of drug-likeness (QED) is 0.0169. The molecule has 3 N–H and O–H groups in total. The van der Waals surface area contributed by atoms with Gasteiger partial charge in [-0.25, -0.2) is 9.13 Å². The molecule has 0 saturated heterocycles. The molecule has 0 rings (SSSR count). The molecule has 0 aromatic heterocycles. The largest absolute Gasteiger partial charge is 0.472 e. The van der Waals surface area contributed by atoms with E-state index in [1.807, 2.05) is 0 Å². The summed E-state index contributed by atoms with van der Waals surface area (Å²) >= 11 is 0. The Morgan fingerprint density at radius 2 is 0.596 bits per heavy atom. The molecule has 0 amide bonds. The molecule has 584 valence electrons. The molecule has 0 saturated carbocycles. The minimum Gasteiger partial charge on any atom is -0.462 e. The Bertz CT molecular complexity index is 2020. The smallest absolute Gasteiger partial charge is 0.462 e. The number of hydrogen-bond acceptors (Lipinski definition) is 15. The average Bonchev–Trinajstić information content (AvgIpc) is 1.01. The van der Waals surface area contributed by atoms with Gasteiger partial charge < -0.3 is 33.8 Å². The molecule has 0 aliphatic rings. The molecule has 17 nitrogen and oxygen atoms in total. The maximum absolute atomic E-state index is 13.1. The van der Waals surface area contributed by atoms with E-state index >= 15 is 0 Å². The number of hydrogen-bond donors (Lipinski definition) is 3. The summed E-state index contributed by atoms with van der Waals surface area (Å²) in [5.41, 5.74) is 0. The fourth-order valence-electron chi connectivity index (χ4n) is 11.7. The van der Waals surface area contributed by atoms with E-state index in [1.54, 1.807) is 0 Å². The maximum atomic E-state index is 13.1. The van der Waals surface area contributed by atoms with Gasteiger partial charge in [0.1, 0.15) is 19.3 Å². The first-order chi connectivity index (χ1) is 47.8. The van der Waals surface area contributed by atoms with Crippen LogP contribution in [0.1, 0.15) is 389 Å². The molecule has 0 radical (unpaired) electrons. The van der Waals surface area contributed by atoms with Gasteiger partial charge in [-0.15, -0.1) is 0 Å². The minimum atomic E-state index is -4.97. The summed E-state index contributed by atoms with van der Waals surface area (Å²) in [5, 5.41) is 10.6. The second kappa shape index (κ2) is 69.9. The maximum Gasteiger partial charge on any atom is 0.472 e. The van der Waals surface area contributed by atoms with Crippen molar-refractivity contribution in [3.8, 4) is 0 Å². The van der Waals surface area contributed by atoms with Gasteiger partial charge >= 0.3 is 39.5 Å². The zero-order chi connectivity index (χ0) is 73.0. The molecule has 3 unspecified atom stereocenters. The summed E-state index contributed by atoms with van der Waals surface area (Å²) in [6, 6.07) is 0. The lowest BCUT2D eigenvalue weighted by atomic mass is 10.00. The molecule has 0 bridgehead atoms. The van der Waals surface area contributed by atoms with E-state index in [0.29, 0.717) is 25.7 Å². The summed E-state index contributed by atoms with van der Waals surface area (Å²) < 4.78 is 68.6. The second-order valence-electron chi connectivity index (χ2n) is 29.3. The first kappa shape index (κ1) is 96.5. The molecular formula is C80H152O17P2. The number of phosphoric ester groups is 2. The van der Waals surface area contributed by atoms with Crippen LogP contribution < -0.4 is 0 Å². The number of aliphatic hydroxyl groups excluding tert-OH is 1. The molecule has 0 aliphatic heterocycles. The SMILES string of the molecule is CCCCCC/C=C\C=C/CCCCCCCC(=O)O[C@H](COC(=O)CCCCCCCCC(C)CC)COP(=O)(O)OC[C@H](O)COP(=O)(O)OC[C@@H](COC(=O)CCCCCCCCCCCCC(C)C)OC(=O)CCCCCCCCCCCCCCCCCCCCC(C)C.